The Balaban J connectivity index is 2.27. The molecule has 0 bridgehead atoms. The van der Waals surface area contributed by atoms with Crippen LogP contribution >= 0.6 is 11.6 Å². The zero-order valence-corrected chi connectivity index (χ0v) is 13.8. The molecular formula is C16H23ClN2O3. The van der Waals surface area contributed by atoms with Crippen molar-refractivity contribution in [1.29, 1.82) is 0 Å². The van der Waals surface area contributed by atoms with E-state index in [2.05, 4.69) is 10.6 Å². The first-order chi connectivity index (χ1) is 10.5. The van der Waals surface area contributed by atoms with E-state index in [0.717, 1.165) is 19.3 Å². The molecule has 6 heteroatoms. The first-order valence-corrected chi connectivity index (χ1v) is 7.87. The van der Waals surface area contributed by atoms with Gasteiger partial charge in [-0.15, -0.1) is 0 Å². The Bertz CT molecular complexity index is 506. The number of amides is 2. The molecule has 2 amide bonds. The first-order valence-electron chi connectivity index (χ1n) is 7.49. The summed E-state index contributed by atoms with van der Waals surface area (Å²) >= 11 is 6.07. The van der Waals surface area contributed by atoms with E-state index in [0.29, 0.717) is 36.0 Å². The number of hydrogen-bond acceptors (Lipinski definition) is 3. The molecule has 0 aliphatic heterocycles. The van der Waals surface area contributed by atoms with Crippen molar-refractivity contribution in [3.8, 4) is 5.75 Å². The standard InChI is InChI=1S/C16H23ClN2O3/c1-3-22-15-9-8-13(11-14(15)17)19-16(21)7-5-4-6-10-18-12(2)20/h8-9,11H,3-7,10H2,1-2H3,(H,18,20)(H,19,21). The van der Waals surface area contributed by atoms with E-state index in [4.69, 9.17) is 16.3 Å². The minimum absolute atomic E-state index is 0.0230. The Morgan fingerprint density at radius 2 is 2.00 bits per heavy atom. The predicted octanol–water partition coefficient (Wildman–Crippen LogP) is 3.37. The predicted molar refractivity (Wildman–Crippen MR) is 88.4 cm³/mol. The van der Waals surface area contributed by atoms with Crippen LogP contribution in [0.5, 0.6) is 5.75 Å². The summed E-state index contributed by atoms with van der Waals surface area (Å²) in [7, 11) is 0. The largest absolute Gasteiger partial charge is 0.492 e. The molecule has 0 spiro atoms. The number of halogens is 1. The fourth-order valence-corrected chi connectivity index (χ4v) is 2.16. The highest BCUT2D eigenvalue weighted by Gasteiger charge is 2.06. The average Bonchev–Trinajstić information content (AvgIpc) is 2.45. The Morgan fingerprint density at radius 3 is 2.64 bits per heavy atom. The molecule has 0 aliphatic carbocycles. The normalized spacial score (nSPS) is 10.1. The van der Waals surface area contributed by atoms with E-state index in [9.17, 15) is 9.59 Å². The molecule has 1 aromatic carbocycles. The van der Waals surface area contributed by atoms with Crippen molar-refractivity contribution < 1.29 is 14.3 Å². The van der Waals surface area contributed by atoms with Crippen LogP contribution in [0.4, 0.5) is 5.69 Å². The fourth-order valence-electron chi connectivity index (χ4n) is 1.93. The Morgan fingerprint density at radius 1 is 1.23 bits per heavy atom. The van der Waals surface area contributed by atoms with Gasteiger partial charge in [0, 0.05) is 25.6 Å². The molecule has 122 valence electrons. The summed E-state index contributed by atoms with van der Waals surface area (Å²) in [5.41, 5.74) is 0.664. The van der Waals surface area contributed by atoms with Crippen molar-refractivity contribution in [3.63, 3.8) is 0 Å². The van der Waals surface area contributed by atoms with Crippen LogP contribution in [0, 0.1) is 0 Å². The maximum atomic E-state index is 11.8. The van der Waals surface area contributed by atoms with Gasteiger partial charge in [-0.3, -0.25) is 9.59 Å². The third-order valence-corrected chi connectivity index (χ3v) is 3.27. The highest BCUT2D eigenvalue weighted by Crippen LogP contribution is 2.27. The SMILES string of the molecule is CCOc1ccc(NC(=O)CCCCCNC(C)=O)cc1Cl. The number of carbonyl (C=O) groups is 2. The molecule has 22 heavy (non-hydrogen) atoms. The fraction of sp³-hybridized carbons (Fsp3) is 0.500. The van der Waals surface area contributed by atoms with E-state index in [-0.39, 0.29) is 11.8 Å². The van der Waals surface area contributed by atoms with Crippen LogP contribution < -0.4 is 15.4 Å². The molecule has 0 aromatic heterocycles. The van der Waals surface area contributed by atoms with Gasteiger partial charge in [0.25, 0.3) is 0 Å². The summed E-state index contributed by atoms with van der Waals surface area (Å²) < 4.78 is 5.34. The molecule has 2 N–H and O–H groups in total. The van der Waals surface area contributed by atoms with Gasteiger partial charge in [-0.2, -0.15) is 0 Å². The second-order valence-corrected chi connectivity index (χ2v) is 5.33. The molecule has 0 radical (unpaired) electrons. The lowest BCUT2D eigenvalue weighted by atomic mass is 10.2. The number of ether oxygens (including phenoxy) is 1. The minimum Gasteiger partial charge on any atom is -0.492 e. The average molecular weight is 327 g/mol. The number of unbranched alkanes of at least 4 members (excludes halogenated alkanes) is 2. The van der Waals surface area contributed by atoms with E-state index < -0.39 is 0 Å². The molecule has 0 unspecified atom stereocenters. The monoisotopic (exact) mass is 326 g/mol. The second kappa shape index (κ2) is 10.1. The van der Waals surface area contributed by atoms with Crippen molar-refractivity contribution in [2.45, 2.75) is 39.5 Å². The highest BCUT2D eigenvalue weighted by atomic mass is 35.5. The molecule has 1 rings (SSSR count). The van der Waals surface area contributed by atoms with Crippen LogP contribution in [0.25, 0.3) is 0 Å². The summed E-state index contributed by atoms with van der Waals surface area (Å²) in [4.78, 5) is 22.5. The summed E-state index contributed by atoms with van der Waals surface area (Å²) in [5.74, 6) is 0.546. The van der Waals surface area contributed by atoms with Gasteiger partial charge < -0.3 is 15.4 Å². The second-order valence-electron chi connectivity index (χ2n) is 4.92. The smallest absolute Gasteiger partial charge is 0.224 e. The molecule has 0 aliphatic rings. The van der Waals surface area contributed by atoms with Crippen molar-refractivity contribution in [1.82, 2.24) is 5.32 Å². The molecule has 1 aromatic rings. The van der Waals surface area contributed by atoms with Crippen LogP contribution in [0.2, 0.25) is 5.02 Å². The van der Waals surface area contributed by atoms with E-state index in [1.54, 1.807) is 18.2 Å². The number of rotatable bonds is 9. The Kier molecular flexibility index (Phi) is 8.36. The van der Waals surface area contributed by atoms with Crippen molar-refractivity contribution in [3.05, 3.63) is 23.2 Å². The van der Waals surface area contributed by atoms with Gasteiger partial charge in [0.15, 0.2) is 0 Å². The van der Waals surface area contributed by atoms with E-state index >= 15 is 0 Å². The first kappa shape index (κ1) is 18.3. The summed E-state index contributed by atoms with van der Waals surface area (Å²) in [5, 5.41) is 6.02. The topological polar surface area (TPSA) is 67.4 Å². The van der Waals surface area contributed by atoms with Crippen LogP contribution in [0.3, 0.4) is 0 Å². The van der Waals surface area contributed by atoms with Gasteiger partial charge in [-0.05, 0) is 38.0 Å². The summed E-state index contributed by atoms with van der Waals surface area (Å²) in [6.45, 7) is 4.59. The van der Waals surface area contributed by atoms with Crippen molar-refractivity contribution in [2.24, 2.45) is 0 Å². The number of hydrogen-bond donors (Lipinski definition) is 2. The lowest BCUT2D eigenvalue weighted by molar-refractivity contribution is -0.119. The molecule has 5 nitrogen and oxygen atoms in total. The van der Waals surface area contributed by atoms with Gasteiger partial charge in [-0.25, -0.2) is 0 Å². The van der Waals surface area contributed by atoms with Gasteiger partial charge in [0.2, 0.25) is 11.8 Å². The van der Waals surface area contributed by atoms with E-state index in [1.807, 2.05) is 6.92 Å². The highest BCUT2D eigenvalue weighted by molar-refractivity contribution is 6.32. The quantitative estimate of drug-likeness (QED) is 0.684. The Labute approximate surface area is 136 Å². The number of anilines is 1. The molecule has 0 saturated carbocycles. The van der Waals surface area contributed by atoms with E-state index in [1.165, 1.54) is 6.92 Å². The van der Waals surface area contributed by atoms with Crippen LogP contribution in [0.15, 0.2) is 18.2 Å². The van der Waals surface area contributed by atoms with Crippen LogP contribution in [-0.2, 0) is 9.59 Å². The Hall–Kier alpha value is -1.75. The maximum Gasteiger partial charge on any atom is 0.224 e. The van der Waals surface area contributed by atoms with Gasteiger partial charge in [-0.1, -0.05) is 18.0 Å². The van der Waals surface area contributed by atoms with Gasteiger partial charge in [0.05, 0.1) is 11.6 Å². The van der Waals surface area contributed by atoms with Crippen molar-refractivity contribution in [2.75, 3.05) is 18.5 Å². The number of benzene rings is 1. The van der Waals surface area contributed by atoms with Gasteiger partial charge in [0.1, 0.15) is 5.75 Å². The summed E-state index contributed by atoms with van der Waals surface area (Å²) in [6, 6.07) is 5.20. The zero-order valence-electron chi connectivity index (χ0n) is 13.1. The maximum absolute atomic E-state index is 11.8. The summed E-state index contributed by atoms with van der Waals surface area (Å²) in [6.07, 6.45) is 3.01. The number of nitrogens with one attached hydrogen (secondary N) is 2. The lowest BCUT2D eigenvalue weighted by Crippen LogP contribution is -2.20. The third kappa shape index (κ3) is 7.31. The molecule has 0 heterocycles. The van der Waals surface area contributed by atoms with Crippen LogP contribution in [0.1, 0.15) is 39.5 Å². The van der Waals surface area contributed by atoms with Crippen molar-refractivity contribution >= 4 is 29.1 Å². The number of carbonyl (C=O) groups excluding carboxylic acids is 2. The zero-order chi connectivity index (χ0) is 16.4. The molecule has 0 fully saturated rings. The minimum atomic E-state index is -0.0419. The van der Waals surface area contributed by atoms with Crippen LogP contribution in [-0.4, -0.2) is 25.0 Å². The van der Waals surface area contributed by atoms with Gasteiger partial charge >= 0.3 is 0 Å². The molecular weight excluding hydrogens is 304 g/mol. The third-order valence-electron chi connectivity index (χ3n) is 2.97. The lowest BCUT2D eigenvalue weighted by Gasteiger charge is -2.09. The molecule has 0 saturated heterocycles. The molecule has 0 atom stereocenters.